The molecule has 0 saturated carbocycles. The lowest BCUT2D eigenvalue weighted by Gasteiger charge is -2.14. The second kappa shape index (κ2) is 6.18. The number of anilines is 1. The van der Waals surface area contributed by atoms with Crippen LogP contribution >= 0.6 is 11.5 Å². The van der Waals surface area contributed by atoms with Crippen LogP contribution in [0.4, 0.5) is 5.13 Å². The van der Waals surface area contributed by atoms with Gasteiger partial charge in [-0.1, -0.05) is 6.07 Å². The summed E-state index contributed by atoms with van der Waals surface area (Å²) in [5, 5.41) is 3.05. The second-order valence-electron chi connectivity index (χ2n) is 5.01. The average molecular weight is 317 g/mol. The van der Waals surface area contributed by atoms with Crippen molar-refractivity contribution < 1.29 is 9.59 Å². The first-order chi connectivity index (χ1) is 10.6. The van der Waals surface area contributed by atoms with Crippen molar-refractivity contribution >= 4 is 28.5 Å². The number of aryl methyl sites for hydroxylation is 1. The first kappa shape index (κ1) is 14.6. The molecule has 0 radical (unpaired) electrons. The van der Waals surface area contributed by atoms with Gasteiger partial charge in [-0.2, -0.15) is 4.37 Å². The fourth-order valence-electron chi connectivity index (χ4n) is 2.27. The molecular formula is C14H15N5O2S. The van der Waals surface area contributed by atoms with Gasteiger partial charge in [0.25, 0.3) is 11.8 Å². The van der Waals surface area contributed by atoms with Crippen LogP contribution < -0.4 is 5.32 Å². The normalized spacial score (nSPS) is 14.1. The maximum Gasteiger partial charge on any atom is 0.276 e. The zero-order valence-corrected chi connectivity index (χ0v) is 12.9. The second-order valence-corrected chi connectivity index (χ2v) is 5.76. The van der Waals surface area contributed by atoms with Crippen LogP contribution in [0.2, 0.25) is 0 Å². The highest BCUT2D eigenvalue weighted by molar-refractivity contribution is 7.09. The summed E-state index contributed by atoms with van der Waals surface area (Å²) in [7, 11) is 0. The monoisotopic (exact) mass is 317 g/mol. The van der Waals surface area contributed by atoms with Gasteiger partial charge in [0.1, 0.15) is 17.2 Å². The molecule has 7 nitrogen and oxygen atoms in total. The quantitative estimate of drug-likeness (QED) is 0.931. The van der Waals surface area contributed by atoms with E-state index in [9.17, 15) is 9.59 Å². The van der Waals surface area contributed by atoms with Crippen molar-refractivity contribution in [1.82, 2.24) is 19.2 Å². The predicted octanol–water partition coefficient (Wildman–Crippen LogP) is 1.73. The Bertz CT molecular complexity index is 709. The van der Waals surface area contributed by atoms with E-state index in [1.807, 2.05) is 0 Å². The lowest BCUT2D eigenvalue weighted by molar-refractivity contribution is 0.0787. The molecule has 1 saturated heterocycles. The van der Waals surface area contributed by atoms with Crippen molar-refractivity contribution in [1.29, 1.82) is 0 Å². The summed E-state index contributed by atoms with van der Waals surface area (Å²) in [6.07, 6.45) is 2.03. The fourth-order valence-corrected chi connectivity index (χ4v) is 2.84. The first-order valence-corrected chi connectivity index (χ1v) is 7.79. The Morgan fingerprint density at radius 3 is 2.59 bits per heavy atom. The summed E-state index contributed by atoms with van der Waals surface area (Å²) >= 11 is 1.11. The molecule has 0 aromatic carbocycles. The third-order valence-corrected chi connectivity index (χ3v) is 4.06. The molecule has 22 heavy (non-hydrogen) atoms. The number of rotatable bonds is 3. The number of aromatic nitrogens is 3. The smallest absolute Gasteiger partial charge is 0.276 e. The number of carbonyl (C=O) groups is 2. The Kier molecular flexibility index (Phi) is 4.10. The Morgan fingerprint density at radius 1 is 1.18 bits per heavy atom. The molecule has 1 fully saturated rings. The molecule has 3 heterocycles. The molecule has 3 rings (SSSR count). The predicted molar refractivity (Wildman–Crippen MR) is 82.0 cm³/mol. The van der Waals surface area contributed by atoms with E-state index in [2.05, 4.69) is 19.7 Å². The van der Waals surface area contributed by atoms with E-state index in [1.54, 1.807) is 30.0 Å². The number of nitrogens with one attached hydrogen (secondary N) is 1. The summed E-state index contributed by atoms with van der Waals surface area (Å²) < 4.78 is 4.00. The highest BCUT2D eigenvalue weighted by Crippen LogP contribution is 2.14. The maximum atomic E-state index is 12.3. The number of pyridine rings is 1. The number of hydrogen-bond acceptors (Lipinski definition) is 6. The molecule has 0 spiro atoms. The summed E-state index contributed by atoms with van der Waals surface area (Å²) in [5.74, 6) is 0.0809. The van der Waals surface area contributed by atoms with Crippen molar-refractivity contribution in [3.63, 3.8) is 0 Å². The molecule has 2 aromatic heterocycles. The van der Waals surface area contributed by atoms with E-state index in [1.165, 1.54) is 0 Å². The van der Waals surface area contributed by atoms with Crippen LogP contribution in [0.5, 0.6) is 0 Å². The molecule has 8 heteroatoms. The van der Waals surface area contributed by atoms with Crippen LogP contribution in [0.15, 0.2) is 18.2 Å². The van der Waals surface area contributed by atoms with E-state index in [0.717, 1.165) is 37.5 Å². The molecule has 2 aromatic rings. The minimum absolute atomic E-state index is 0.126. The largest absolute Gasteiger partial charge is 0.337 e. The molecule has 0 bridgehead atoms. The van der Waals surface area contributed by atoms with Gasteiger partial charge in [0.05, 0.1) is 0 Å². The number of hydrogen-bond donors (Lipinski definition) is 1. The fraction of sp³-hybridized carbons (Fsp3) is 0.357. The van der Waals surface area contributed by atoms with Crippen LogP contribution in [0.25, 0.3) is 0 Å². The topological polar surface area (TPSA) is 88.1 Å². The highest BCUT2D eigenvalue weighted by atomic mass is 32.1. The first-order valence-electron chi connectivity index (χ1n) is 7.01. The van der Waals surface area contributed by atoms with E-state index < -0.39 is 5.91 Å². The van der Waals surface area contributed by atoms with Gasteiger partial charge in [-0.15, -0.1) is 0 Å². The van der Waals surface area contributed by atoms with E-state index in [0.29, 0.717) is 16.6 Å². The van der Waals surface area contributed by atoms with Crippen LogP contribution in [-0.2, 0) is 0 Å². The zero-order valence-electron chi connectivity index (χ0n) is 12.1. The standard InChI is InChI=1S/C14H15N5O2S/c1-9-15-14(22-18-9)17-12(20)10-5-4-6-11(16-10)13(21)19-7-2-3-8-19/h4-6H,2-3,7-8H2,1H3,(H,15,17,18,20). The molecule has 114 valence electrons. The molecule has 1 N–H and O–H groups in total. The minimum atomic E-state index is -0.396. The van der Waals surface area contributed by atoms with Gasteiger partial charge >= 0.3 is 0 Å². The van der Waals surface area contributed by atoms with Gasteiger partial charge in [0, 0.05) is 24.6 Å². The number of likely N-dealkylation sites (tertiary alicyclic amines) is 1. The average Bonchev–Trinajstić information content (AvgIpc) is 3.18. The summed E-state index contributed by atoms with van der Waals surface area (Å²) in [6.45, 7) is 3.25. The SMILES string of the molecule is Cc1nsc(NC(=O)c2cccc(C(=O)N3CCCC3)n2)n1. The molecular weight excluding hydrogens is 302 g/mol. The Morgan fingerprint density at radius 2 is 1.91 bits per heavy atom. The summed E-state index contributed by atoms with van der Waals surface area (Å²) in [5.41, 5.74) is 0.487. The number of amides is 2. The van der Waals surface area contributed by atoms with Crippen molar-refractivity contribution in [2.75, 3.05) is 18.4 Å². The Labute approximate surface area is 131 Å². The molecule has 0 aliphatic carbocycles. The maximum absolute atomic E-state index is 12.3. The Hall–Kier alpha value is -2.35. The van der Waals surface area contributed by atoms with Crippen molar-refractivity contribution in [3.05, 3.63) is 35.4 Å². The van der Waals surface area contributed by atoms with E-state index in [-0.39, 0.29) is 11.6 Å². The molecule has 1 aliphatic rings. The molecule has 1 aliphatic heterocycles. The number of nitrogens with zero attached hydrogens (tertiary/aromatic N) is 4. The van der Waals surface area contributed by atoms with Gasteiger partial charge < -0.3 is 4.90 Å². The third kappa shape index (κ3) is 3.11. The third-order valence-electron chi connectivity index (χ3n) is 3.34. The molecule has 0 unspecified atom stereocenters. The van der Waals surface area contributed by atoms with Gasteiger partial charge in [0.15, 0.2) is 0 Å². The van der Waals surface area contributed by atoms with Crippen LogP contribution in [-0.4, -0.2) is 44.1 Å². The van der Waals surface area contributed by atoms with Crippen molar-refractivity contribution in [2.45, 2.75) is 19.8 Å². The lowest BCUT2D eigenvalue weighted by atomic mass is 10.2. The van der Waals surface area contributed by atoms with Gasteiger partial charge in [-0.05, 0) is 31.9 Å². The molecule has 2 amide bonds. The van der Waals surface area contributed by atoms with Crippen molar-refractivity contribution in [3.8, 4) is 0 Å². The van der Waals surface area contributed by atoms with Gasteiger partial charge in [0.2, 0.25) is 5.13 Å². The van der Waals surface area contributed by atoms with Crippen molar-refractivity contribution in [2.24, 2.45) is 0 Å². The highest BCUT2D eigenvalue weighted by Gasteiger charge is 2.21. The van der Waals surface area contributed by atoms with Crippen LogP contribution in [0.1, 0.15) is 39.6 Å². The summed E-state index contributed by atoms with van der Waals surface area (Å²) in [6, 6.07) is 4.87. The Balaban J connectivity index is 1.75. The molecule has 0 atom stereocenters. The summed E-state index contributed by atoms with van der Waals surface area (Å²) in [4.78, 5) is 34.5. The number of carbonyl (C=O) groups excluding carboxylic acids is 2. The van der Waals surface area contributed by atoms with Gasteiger partial charge in [-0.25, -0.2) is 9.97 Å². The minimum Gasteiger partial charge on any atom is -0.337 e. The lowest BCUT2D eigenvalue weighted by Crippen LogP contribution is -2.29. The van der Waals surface area contributed by atoms with E-state index in [4.69, 9.17) is 0 Å². The van der Waals surface area contributed by atoms with Crippen LogP contribution in [0, 0.1) is 6.92 Å². The van der Waals surface area contributed by atoms with Gasteiger partial charge in [-0.3, -0.25) is 14.9 Å². The van der Waals surface area contributed by atoms with E-state index >= 15 is 0 Å². The van der Waals surface area contributed by atoms with Crippen LogP contribution in [0.3, 0.4) is 0 Å². The zero-order chi connectivity index (χ0) is 15.5.